The number of thiophene rings is 1. The van der Waals surface area contributed by atoms with Crippen LogP contribution in [0.3, 0.4) is 0 Å². The second-order valence-electron chi connectivity index (χ2n) is 7.04. The predicted molar refractivity (Wildman–Crippen MR) is 95.7 cm³/mol. The van der Waals surface area contributed by atoms with Crippen molar-refractivity contribution in [3.05, 3.63) is 16.0 Å². The van der Waals surface area contributed by atoms with Crippen molar-refractivity contribution in [2.45, 2.75) is 46.5 Å². The van der Waals surface area contributed by atoms with Gasteiger partial charge in [0.1, 0.15) is 24.3 Å². The molecule has 2 rings (SSSR count). The Morgan fingerprint density at radius 3 is 2.76 bits per heavy atom. The molecule has 7 heteroatoms. The third kappa shape index (κ3) is 4.59. The number of fused-ring (bicyclic) bond motifs is 1. The van der Waals surface area contributed by atoms with Gasteiger partial charge in [-0.15, -0.1) is 11.3 Å². The molecule has 0 saturated carbocycles. The van der Waals surface area contributed by atoms with E-state index in [4.69, 9.17) is 9.84 Å². The number of amides is 1. The number of anilines is 1. The first-order chi connectivity index (χ1) is 11.8. The molecule has 6 nitrogen and oxygen atoms in total. The zero-order chi connectivity index (χ0) is 18.6. The van der Waals surface area contributed by atoms with Gasteiger partial charge in [0.15, 0.2) is 0 Å². The molecule has 1 aliphatic rings. The lowest BCUT2D eigenvalue weighted by molar-refractivity contribution is -0.143. The largest absolute Gasteiger partial charge is 0.480 e. The van der Waals surface area contributed by atoms with E-state index in [9.17, 15) is 14.9 Å². The second kappa shape index (κ2) is 7.98. The summed E-state index contributed by atoms with van der Waals surface area (Å²) in [6.45, 7) is 5.90. The molecule has 1 aromatic rings. The Labute approximate surface area is 151 Å². The number of nitrogens with one attached hydrogen (secondary N) is 1. The Balaban J connectivity index is 2.11. The van der Waals surface area contributed by atoms with Crippen LogP contribution >= 0.6 is 11.3 Å². The fraction of sp³-hybridized carbons (Fsp3) is 0.611. The Morgan fingerprint density at radius 1 is 1.44 bits per heavy atom. The van der Waals surface area contributed by atoms with E-state index in [0.29, 0.717) is 16.5 Å². The number of aliphatic carboxylic acids is 1. The number of carbonyl (C=O) groups is 2. The van der Waals surface area contributed by atoms with Gasteiger partial charge in [0.25, 0.3) is 5.91 Å². The topological polar surface area (TPSA) is 99.4 Å². The molecule has 1 aliphatic carbocycles. The molecule has 1 aromatic heterocycles. The van der Waals surface area contributed by atoms with Crippen LogP contribution in [0.1, 0.15) is 49.6 Å². The number of nitriles is 1. The van der Waals surface area contributed by atoms with Gasteiger partial charge in [0, 0.05) is 4.88 Å². The Kier molecular flexibility index (Phi) is 6.20. The van der Waals surface area contributed by atoms with E-state index in [1.54, 1.807) is 0 Å². The molecule has 25 heavy (non-hydrogen) atoms. The lowest BCUT2D eigenvalue weighted by atomic mass is 9.69. The van der Waals surface area contributed by atoms with Gasteiger partial charge in [0.2, 0.25) is 0 Å². The molecule has 0 unspecified atom stereocenters. The monoisotopic (exact) mass is 364 g/mol. The molecule has 0 saturated heterocycles. The van der Waals surface area contributed by atoms with Crippen molar-refractivity contribution < 1.29 is 19.4 Å². The van der Waals surface area contributed by atoms with Gasteiger partial charge in [-0.2, -0.15) is 5.26 Å². The second-order valence-corrected chi connectivity index (χ2v) is 8.14. The van der Waals surface area contributed by atoms with Crippen LogP contribution in [0.2, 0.25) is 0 Å². The molecular weight excluding hydrogens is 340 g/mol. The number of rotatable bonds is 7. The molecule has 1 heterocycles. The normalized spacial score (nSPS) is 16.8. The third-order valence-corrected chi connectivity index (χ3v) is 6.27. The van der Waals surface area contributed by atoms with Crippen LogP contribution in [0.15, 0.2) is 0 Å². The average Bonchev–Trinajstić information content (AvgIpc) is 2.90. The van der Waals surface area contributed by atoms with Crippen molar-refractivity contribution in [2.75, 3.05) is 18.5 Å². The van der Waals surface area contributed by atoms with Crippen molar-refractivity contribution in [3.63, 3.8) is 0 Å². The number of carbonyl (C=O) groups excluding carboxylic acids is 1. The number of carboxylic acids is 1. The molecule has 1 atom stereocenters. The highest BCUT2D eigenvalue weighted by atomic mass is 32.1. The van der Waals surface area contributed by atoms with Gasteiger partial charge in [0.05, 0.1) is 5.56 Å². The SMILES string of the molecule is CCC(C)(C)[C@H]1CCc2c(sc(NC(=O)COCC(=O)O)c2C#N)C1. The summed E-state index contributed by atoms with van der Waals surface area (Å²) < 4.78 is 4.79. The highest BCUT2D eigenvalue weighted by Gasteiger charge is 2.34. The van der Waals surface area contributed by atoms with E-state index >= 15 is 0 Å². The highest BCUT2D eigenvalue weighted by Crippen LogP contribution is 2.45. The summed E-state index contributed by atoms with van der Waals surface area (Å²) in [7, 11) is 0. The summed E-state index contributed by atoms with van der Waals surface area (Å²) in [5.74, 6) is -0.999. The van der Waals surface area contributed by atoms with Crippen molar-refractivity contribution in [1.29, 1.82) is 5.26 Å². The zero-order valence-electron chi connectivity index (χ0n) is 14.8. The summed E-state index contributed by atoms with van der Waals surface area (Å²) in [5.41, 5.74) is 1.85. The van der Waals surface area contributed by atoms with Crippen molar-refractivity contribution in [2.24, 2.45) is 11.3 Å². The van der Waals surface area contributed by atoms with E-state index in [1.807, 2.05) is 0 Å². The van der Waals surface area contributed by atoms with Gasteiger partial charge >= 0.3 is 5.97 Å². The molecule has 0 fully saturated rings. The van der Waals surface area contributed by atoms with Crippen LogP contribution in [0.25, 0.3) is 0 Å². The molecule has 0 aliphatic heterocycles. The first-order valence-electron chi connectivity index (χ1n) is 8.42. The number of carboxylic acid groups (broad SMARTS) is 1. The van der Waals surface area contributed by atoms with Crippen LogP contribution < -0.4 is 5.32 Å². The summed E-state index contributed by atoms with van der Waals surface area (Å²) in [5, 5.41) is 21.3. The number of nitrogens with zero attached hydrogens (tertiary/aromatic N) is 1. The van der Waals surface area contributed by atoms with Gasteiger partial charge in [-0.25, -0.2) is 4.79 Å². The lowest BCUT2D eigenvalue weighted by Gasteiger charge is -2.36. The molecule has 0 spiro atoms. The van der Waals surface area contributed by atoms with Gasteiger partial charge in [-0.3, -0.25) is 4.79 Å². The number of ether oxygens (including phenoxy) is 1. The maximum absolute atomic E-state index is 11.9. The quantitative estimate of drug-likeness (QED) is 0.774. The van der Waals surface area contributed by atoms with Gasteiger partial charge < -0.3 is 15.2 Å². The first-order valence-corrected chi connectivity index (χ1v) is 9.24. The van der Waals surface area contributed by atoms with Crippen molar-refractivity contribution >= 4 is 28.2 Å². The van der Waals surface area contributed by atoms with Crippen LogP contribution in [0, 0.1) is 22.7 Å². The predicted octanol–water partition coefficient (Wildman–Crippen LogP) is 3.20. The smallest absolute Gasteiger partial charge is 0.329 e. The first kappa shape index (κ1) is 19.4. The van der Waals surface area contributed by atoms with E-state index < -0.39 is 18.5 Å². The van der Waals surface area contributed by atoms with Crippen LogP contribution in [-0.4, -0.2) is 30.2 Å². The van der Waals surface area contributed by atoms with Crippen molar-refractivity contribution in [3.8, 4) is 6.07 Å². The maximum Gasteiger partial charge on any atom is 0.329 e. The Hall–Kier alpha value is -1.91. The standard InChI is InChI=1S/C18H24N2O4S/c1-4-18(2,3)11-5-6-12-13(8-19)17(25-14(12)7-11)20-15(21)9-24-10-16(22)23/h11H,4-7,9-10H2,1-3H3,(H,20,21)(H,22,23)/t11-/m0/s1. The highest BCUT2D eigenvalue weighted by molar-refractivity contribution is 7.16. The maximum atomic E-state index is 11.9. The zero-order valence-corrected chi connectivity index (χ0v) is 15.7. The fourth-order valence-corrected chi connectivity index (χ4v) is 4.44. The average molecular weight is 364 g/mol. The van der Waals surface area contributed by atoms with Crippen LogP contribution in [0.5, 0.6) is 0 Å². The minimum atomic E-state index is -1.12. The lowest BCUT2D eigenvalue weighted by Crippen LogP contribution is -2.28. The molecular formula is C18H24N2O4S. The minimum absolute atomic E-state index is 0.253. The Morgan fingerprint density at radius 2 is 2.16 bits per heavy atom. The van der Waals surface area contributed by atoms with E-state index in [2.05, 4.69) is 32.2 Å². The van der Waals surface area contributed by atoms with E-state index in [1.165, 1.54) is 16.2 Å². The van der Waals surface area contributed by atoms with E-state index in [0.717, 1.165) is 31.2 Å². The number of hydrogen-bond donors (Lipinski definition) is 2. The summed E-state index contributed by atoms with van der Waals surface area (Å²) in [4.78, 5) is 23.5. The summed E-state index contributed by atoms with van der Waals surface area (Å²) >= 11 is 1.46. The molecule has 1 amide bonds. The number of hydrogen-bond acceptors (Lipinski definition) is 5. The molecule has 2 N–H and O–H groups in total. The molecule has 0 radical (unpaired) electrons. The van der Waals surface area contributed by atoms with Crippen molar-refractivity contribution in [1.82, 2.24) is 0 Å². The fourth-order valence-electron chi connectivity index (χ4n) is 3.14. The third-order valence-electron chi connectivity index (χ3n) is 5.11. The van der Waals surface area contributed by atoms with Crippen LogP contribution in [-0.2, 0) is 27.2 Å². The minimum Gasteiger partial charge on any atom is -0.480 e. The van der Waals surface area contributed by atoms with Gasteiger partial charge in [-0.05, 0) is 36.2 Å². The molecule has 0 aromatic carbocycles. The molecule has 0 bridgehead atoms. The van der Waals surface area contributed by atoms with Gasteiger partial charge in [-0.1, -0.05) is 27.2 Å². The summed E-state index contributed by atoms with van der Waals surface area (Å²) in [6, 6.07) is 2.21. The molecule has 136 valence electrons. The summed E-state index contributed by atoms with van der Waals surface area (Å²) in [6.07, 6.45) is 3.94. The van der Waals surface area contributed by atoms with E-state index in [-0.39, 0.29) is 12.0 Å². The van der Waals surface area contributed by atoms with Crippen LogP contribution in [0.4, 0.5) is 5.00 Å². The Bertz CT molecular complexity index is 703.